The first-order chi connectivity index (χ1) is 12.7. The Morgan fingerprint density at radius 2 is 1.89 bits per heavy atom. The Hall–Kier alpha value is -2.38. The van der Waals surface area contributed by atoms with Crippen molar-refractivity contribution in [3.05, 3.63) is 52.5 Å². The van der Waals surface area contributed by atoms with Crippen LogP contribution in [0.4, 0.5) is 5.69 Å². The Kier molecular flexibility index (Phi) is 6.98. The normalized spacial score (nSPS) is 12.8. The molecule has 2 rings (SSSR count). The van der Waals surface area contributed by atoms with Crippen LogP contribution in [0.25, 0.3) is 0 Å². The van der Waals surface area contributed by atoms with Crippen LogP contribution in [0, 0.1) is 6.92 Å². The Balaban J connectivity index is 2.14. The number of hydrogen-bond acceptors (Lipinski definition) is 5. The number of nitrogens with one attached hydrogen (secondary N) is 1. The number of carbonyl (C=O) groups is 2. The summed E-state index contributed by atoms with van der Waals surface area (Å²) in [5.41, 5.74) is 1.34. The van der Waals surface area contributed by atoms with Gasteiger partial charge in [0.05, 0.1) is 34.1 Å². The van der Waals surface area contributed by atoms with Crippen LogP contribution in [-0.4, -0.2) is 35.6 Å². The van der Waals surface area contributed by atoms with E-state index in [0.717, 1.165) is 5.56 Å². The molecule has 6 nitrogen and oxygen atoms in total. The molecule has 1 amide bonds. The summed E-state index contributed by atoms with van der Waals surface area (Å²) in [7, 11) is 0.102. The molecule has 0 radical (unpaired) electrons. The average molecular weight is 410 g/mol. The maximum atomic E-state index is 12.4. The summed E-state index contributed by atoms with van der Waals surface area (Å²) in [5.74, 6) is -0.856. The van der Waals surface area contributed by atoms with E-state index in [9.17, 15) is 13.8 Å². The molecule has 0 aliphatic heterocycles. The van der Waals surface area contributed by atoms with Crippen molar-refractivity contribution >= 4 is 40.0 Å². The van der Waals surface area contributed by atoms with E-state index in [1.807, 2.05) is 0 Å². The summed E-state index contributed by atoms with van der Waals surface area (Å²) in [5, 5.41) is 3.17. The molecule has 2 atom stereocenters. The number of methoxy groups -OCH3 is 1. The first kappa shape index (κ1) is 20.9. The molecule has 0 spiro atoms. The summed E-state index contributed by atoms with van der Waals surface area (Å²) in [6, 6.07) is 9.67. The van der Waals surface area contributed by atoms with Gasteiger partial charge in [-0.1, -0.05) is 23.7 Å². The standard InChI is InChI=1S/C19H20ClNO5S/c1-11-9-15(16(25-3)10-14(11)20)21-18(22)12(2)26-19(23)13-7-5-6-8-17(13)27(4)24/h5-10,12H,1-4H3,(H,21,22)/t12-,27-/m0/s1. The summed E-state index contributed by atoms with van der Waals surface area (Å²) < 4.78 is 22.2. The van der Waals surface area contributed by atoms with Gasteiger partial charge in [-0.3, -0.25) is 9.00 Å². The van der Waals surface area contributed by atoms with Crippen molar-refractivity contribution in [1.29, 1.82) is 0 Å². The van der Waals surface area contributed by atoms with Crippen molar-refractivity contribution in [3.8, 4) is 5.75 Å². The second kappa shape index (κ2) is 9.01. The van der Waals surface area contributed by atoms with E-state index in [4.69, 9.17) is 21.1 Å². The van der Waals surface area contributed by atoms with E-state index in [1.165, 1.54) is 26.4 Å². The van der Waals surface area contributed by atoms with E-state index < -0.39 is 28.8 Å². The smallest absolute Gasteiger partial charge is 0.340 e. The van der Waals surface area contributed by atoms with Crippen LogP contribution in [-0.2, 0) is 20.3 Å². The zero-order valence-corrected chi connectivity index (χ0v) is 16.9. The van der Waals surface area contributed by atoms with Crippen molar-refractivity contribution in [2.24, 2.45) is 0 Å². The first-order valence-corrected chi connectivity index (χ1v) is 9.96. The lowest BCUT2D eigenvalue weighted by Crippen LogP contribution is -2.30. The summed E-state index contributed by atoms with van der Waals surface area (Å²) in [6.45, 7) is 3.25. The molecular formula is C19H20ClNO5S. The molecule has 2 aromatic carbocycles. The second-order valence-electron chi connectivity index (χ2n) is 5.79. The predicted octanol–water partition coefficient (Wildman–Crippen LogP) is 3.58. The third kappa shape index (κ3) is 5.08. The third-order valence-electron chi connectivity index (χ3n) is 3.81. The molecule has 1 N–H and O–H groups in total. The number of rotatable bonds is 6. The van der Waals surface area contributed by atoms with Crippen molar-refractivity contribution in [2.75, 3.05) is 18.7 Å². The number of esters is 1. The van der Waals surface area contributed by atoms with Crippen molar-refractivity contribution < 1.29 is 23.3 Å². The van der Waals surface area contributed by atoms with Gasteiger partial charge in [0.15, 0.2) is 6.10 Å². The monoisotopic (exact) mass is 409 g/mol. The van der Waals surface area contributed by atoms with Crippen molar-refractivity contribution in [1.82, 2.24) is 0 Å². The Morgan fingerprint density at radius 1 is 1.22 bits per heavy atom. The van der Waals surface area contributed by atoms with E-state index in [-0.39, 0.29) is 5.56 Å². The van der Waals surface area contributed by atoms with Crippen LogP contribution in [0.15, 0.2) is 41.3 Å². The summed E-state index contributed by atoms with van der Waals surface area (Å²) in [6.07, 6.45) is 0.397. The minimum absolute atomic E-state index is 0.165. The zero-order chi connectivity index (χ0) is 20.1. The fourth-order valence-electron chi connectivity index (χ4n) is 2.33. The first-order valence-electron chi connectivity index (χ1n) is 8.03. The van der Waals surface area contributed by atoms with Gasteiger partial charge in [0.2, 0.25) is 0 Å². The van der Waals surface area contributed by atoms with Crippen LogP contribution in [0.1, 0.15) is 22.8 Å². The van der Waals surface area contributed by atoms with E-state index >= 15 is 0 Å². The number of halogens is 1. The zero-order valence-electron chi connectivity index (χ0n) is 15.4. The molecule has 0 saturated heterocycles. The summed E-state index contributed by atoms with van der Waals surface area (Å²) in [4.78, 5) is 25.2. The van der Waals surface area contributed by atoms with Gasteiger partial charge in [-0.25, -0.2) is 4.79 Å². The lowest BCUT2D eigenvalue weighted by atomic mass is 10.2. The molecule has 0 fully saturated rings. The van der Waals surface area contributed by atoms with Crippen molar-refractivity contribution in [3.63, 3.8) is 0 Å². The number of benzene rings is 2. The van der Waals surface area contributed by atoms with Gasteiger partial charge in [-0.2, -0.15) is 0 Å². The Labute approximate surface area is 165 Å². The molecule has 0 aliphatic rings. The average Bonchev–Trinajstić information content (AvgIpc) is 2.64. The van der Waals surface area contributed by atoms with E-state index in [0.29, 0.717) is 21.4 Å². The van der Waals surface area contributed by atoms with E-state index in [1.54, 1.807) is 37.3 Å². The maximum absolute atomic E-state index is 12.4. The minimum atomic E-state index is -1.36. The fourth-order valence-corrected chi connectivity index (χ4v) is 3.21. The fraction of sp³-hybridized carbons (Fsp3) is 0.263. The van der Waals surface area contributed by atoms with Gasteiger partial charge < -0.3 is 14.8 Å². The number of anilines is 1. The SMILES string of the molecule is COc1cc(Cl)c(C)cc1NC(=O)[C@H](C)OC(=O)c1ccccc1[S@](C)=O. The van der Waals surface area contributed by atoms with Gasteiger partial charge >= 0.3 is 5.97 Å². The predicted molar refractivity (Wildman–Crippen MR) is 105 cm³/mol. The molecule has 8 heteroatoms. The third-order valence-corrected chi connectivity index (χ3v) is 5.19. The minimum Gasteiger partial charge on any atom is -0.495 e. The quantitative estimate of drug-likeness (QED) is 0.737. The lowest BCUT2D eigenvalue weighted by molar-refractivity contribution is -0.123. The number of aryl methyl sites for hydroxylation is 1. The molecule has 0 saturated carbocycles. The van der Waals surface area contributed by atoms with Crippen LogP contribution < -0.4 is 10.1 Å². The molecule has 2 aromatic rings. The van der Waals surface area contributed by atoms with Gasteiger partial charge in [0, 0.05) is 17.3 Å². The van der Waals surface area contributed by atoms with Gasteiger partial charge in [-0.15, -0.1) is 0 Å². The number of ether oxygens (including phenoxy) is 2. The summed E-state index contributed by atoms with van der Waals surface area (Å²) >= 11 is 6.05. The van der Waals surface area contributed by atoms with Crippen LogP contribution in [0.2, 0.25) is 5.02 Å². The molecular weight excluding hydrogens is 390 g/mol. The molecule has 27 heavy (non-hydrogen) atoms. The molecule has 0 aromatic heterocycles. The molecule has 0 unspecified atom stereocenters. The molecule has 0 bridgehead atoms. The van der Waals surface area contributed by atoms with Gasteiger partial charge in [-0.05, 0) is 37.6 Å². The topological polar surface area (TPSA) is 81.7 Å². The molecule has 144 valence electrons. The van der Waals surface area contributed by atoms with Gasteiger partial charge in [0.1, 0.15) is 5.75 Å². The van der Waals surface area contributed by atoms with Crippen molar-refractivity contribution in [2.45, 2.75) is 24.8 Å². The maximum Gasteiger partial charge on any atom is 0.340 e. The number of carbonyl (C=O) groups excluding carboxylic acids is 2. The largest absolute Gasteiger partial charge is 0.495 e. The highest BCUT2D eigenvalue weighted by Crippen LogP contribution is 2.31. The Bertz CT molecular complexity index is 900. The molecule has 0 heterocycles. The van der Waals surface area contributed by atoms with Crippen LogP contribution >= 0.6 is 11.6 Å². The number of hydrogen-bond donors (Lipinski definition) is 1. The number of amides is 1. The van der Waals surface area contributed by atoms with Gasteiger partial charge in [0.25, 0.3) is 5.91 Å². The Morgan fingerprint density at radius 3 is 2.52 bits per heavy atom. The molecule has 0 aliphatic carbocycles. The van der Waals surface area contributed by atoms with Crippen LogP contribution in [0.5, 0.6) is 5.75 Å². The van der Waals surface area contributed by atoms with Crippen LogP contribution in [0.3, 0.4) is 0 Å². The highest BCUT2D eigenvalue weighted by atomic mass is 35.5. The van der Waals surface area contributed by atoms with E-state index in [2.05, 4.69) is 5.32 Å². The highest BCUT2D eigenvalue weighted by molar-refractivity contribution is 7.84. The second-order valence-corrected chi connectivity index (χ2v) is 7.54. The lowest BCUT2D eigenvalue weighted by Gasteiger charge is -2.16. The highest BCUT2D eigenvalue weighted by Gasteiger charge is 2.22.